The van der Waals surface area contributed by atoms with Crippen LogP contribution in [0.15, 0.2) is 100 Å². The molecule has 1 spiro atoms. The molecule has 1 amide bonds. The lowest BCUT2D eigenvalue weighted by Crippen LogP contribution is -2.47. The summed E-state index contributed by atoms with van der Waals surface area (Å²) in [6.45, 7) is 1.73. The lowest BCUT2D eigenvalue weighted by Gasteiger charge is -2.39. The Balaban J connectivity index is 1.26. The predicted molar refractivity (Wildman–Crippen MR) is 146 cm³/mol. The molecule has 1 saturated heterocycles. The van der Waals surface area contributed by atoms with Gasteiger partial charge in [-0.25, -0.2) is 8.42 Å². The molecular weight excluding hydrogens is 498 g/mol. The van der Waals surface area contributed by atoms with Gasteiger partial charge in [-0.2, -0.15) is 0 Å². The average molecular weight is 528 g/mol. The van der Waals surface area contributed by atoms with Crippen molar-refractivity contribution in [2.45, 2.75) is 29.7 Å². The highest BCUT2D eigenvalue weighted by molar-refractivity contribution is 7.92. The van der Waals surface area contributed by atoms with Crippen molar-refractivity contribution >= 4 is 21.6 Å². The number of furan rings is 1. The van der Waals surface area contributed by atoms with Gasteiger partial charge < -0.3 is 15.1 Å². The van der Waals surface area contributed by atoms with Crippen LogP contribution in [0.2, 0.25) is 0 Å². The molecule has 8 heteroatoms. The fraction of sp³-hybridized carbons (Fsp3) is 0.233. The zero-order valence-corrected chi connectivity index (χ0v) is 21.7. The highest BCUT2D eigenvalue weighted by atomic mass is 32.2. The van der Waals surface area contributed by atoms with E-state index in [9.17, 15) is 13.2 Å². The minimum atomic E-state index is -3.74. The van der Waals surface area contributed by atoms with Crippen LogP contribution in [0, 0.1) is 0 Å². The summed E-state index contributed by atoms with van der Waals surface area (Å²) in [5.41, 5.74) is 9.13. The van der Waals surface area contributed by atoms with Gasteiger partial charge in [-0.05, 0) is 54.3 Å². The first kappa shape index (κ1) is 24.5. The second-order valence-electron chi connectivity index (χ2n) is 9.98. The van der Waals surface area contributed by atoms with Crippen molar-refractivity contribution in [3.8, 4) is 11.3 Å². The molecule has 3 aromatic carbocycles. The molecule has 38 heavy (non-hydrogen) atoms. The number of sulfonamides is 1. The molecule has 1 fully saturated rings. The summed E-state index contributed by atoms with van der Waals surface area (Å²) in [7, 11) is -3.74. The molecule has 194 valence electrons. The van der Waals surface area contributed by atoms with Crippen molar-refractivity contribution in [2.24, 2.45) is 5.73 Å². The van der Waals surface area contributed by atoms with E-state index in [2.05, 4.69) is 0 Å². The first-order chi connectivity index (χ1) is 18.4. The molecule has 2 aliphatic heterocycles. The highest BCUT2D eigenvalue weighted by Crippen LogP contribution is 2.49. The maximum atomic E-state index is 13.7. The molecule has 6 rings (SSSR count). The number of fused-ring (bicyclic) bond motifs is 2. The zero-order valence-electron chi connectivity index (χ0n) is 20.9. The number of carbonyl (C=O) groups excluding carboxylic acids is 1. The van der Waals surface area contributed by atoms with Gasteiger partial charge in [-0.3, -0.25) is 9.10 Å². The molecule has 0 aliphatic carbocycles. The van der Waals surface area contributed by atoms with Crippen LogP contribution in [0.25, 0.3) is 11.3 Å². The molecule has 7 nitrogen and oxygen atoms in total. The van der Waals surface area contributed by atoms with Crippen LogP contribution in [0.3, 0.4) is 0 Å². The maximum Gasteiger partial charge on any atom is 0.289 e. The van der Waals surface area contributed by atoms with Gasteiger partial charge >= 0.3 is 0 Å². The number of amides is 1. The van der Waals surface area contributed by atoms with Crippen molar-refractivity contribution in [1.82, 2.24) is 4.90 Å². The van der Waals surface area contributed by atoms with Crippen LogP contribution in [-0.2, 0) is 22.0 Å². The standard InChI is InChI=1S/C30H29N3O4S/c31-20-22-11-12-26-25(19-22)30(21-33(26)38(35,36)24-9-5-2-6-10-24)15-17-32(18-16-30)29(34)28-14-13-27(37-28)23-7-3-1-4-8-23/h1-14,19H,15-18,20-21,31H2. The van der Waals surface area contributed by atoms with Crippen molar-refractivity contribution in [3.63, 3.8) is 0 Å². The Labute approximate surface area is 222 Å². The van der Waals surface area contributed by atoms with Crippen LogP contribution in [0.4, 0.5) is 5.69 Å². The Morgan fingerprint density at radius 2 is 1.58 bits per heavy atom. The van der Waals surface area contributed by atoms with Crippen LogP contribution >= 0.6 is 0 Å². The molecule has 0 radical (unpaired) electrons. The number of benzene rings is 3. The van der Waals surface area contributed by atoms with Crippen molar-refractivity contribution < 1.29 is 17.6 Å². The van der Waals surface area contributed by atoms with Gasteiger partial charge in [-0.15, -0.1) is 0 Å². The summed E-state index contributed by atoms with van der Waals surface area (Å²) < 4.78 is 34.8. The molecule has 1 aromatic heterocycles. The number of nitrogens with zero attached hydrogens (tertiary/aromatic N) is 2. The van der Waals surface area contributed by atoms with Crippen LogP contribution < -0.4 is 10.0 Å². The Morgan fingerprint density at radius 3 is 2.26 bits per heavy atom. The van der Waals surface area contributed by atoms with Gasteiger partial charge in [-0.1, -0.05) is 60.7 Å². The van der Waals surface area contributed by atoms with Crippen LogP contribution in [-0.4, -0.2) is 38.9 Å². The van der Waals surface area contributed by atoms with E-state index < -0.39 is 15.4 Å². The van der Waals surface area contributed by atoms with Gasteiger partial charge in [0.15, 0.2) is 5.76 Å². The Morgan fingerprint density at radius 1 is 0.895 bits per heavy atom. The molecule has 0 atom stereocenters. The first-order valence-corrected chi connectivity index (χ1v) is 14.2. The monoisotopic (exact) mass is 527 g/mol. The molecule has 2 N–H and O–H groups in total. The van der Waals surface area contributed by atoms with E-state index in [1.807, 2.05) is 54.6 Å². The van der Waals surface area contributed by atoms with E-state index in [0.717, 1.165) is 16.7 Å². The third kappa shape index (κ3) is 4.10. The number of likely N-dealkylation sites (tertiary alicyclic amines) is 1. The van der Waals surface area contributed by atoms with Crippen molar-refractivity contribution in [1.29, 1.82) is 0 Å². The van der Waals surface area contributed by atoms with Crippen LogP contribution in [0.1, 0.15) is 34.5 Å². The van der Waals surface area contributed by atoms with E-state index in [0.29, 0.717) is 56.2 Å². The normalized spacial score (nSPS) is 16.6. The number of piperidine rings is 1. The largest absolute Gasteiger partial charge is 0.451 e. The first-order valence-electron chi connectivity index (χ1n) is 12.8. The van der Waals surface area contributed by atoms with Crippen LogP contribution in [0.5, 0.6) is 0 Å². The molecule has 4 aromatic rings. The summed E-state index contributed by atoms with van der Waals surface area (Å²) in [6.07, 6.45) is 1.29. The second-order valence-corrected chi connectivity index (χ2v) is 11.8. The number of hydrogen-bond acceptors (Lipinski definition) is 5. The quantitative estimate of drug-likeness (QED) is 0.403. The predicted octanol–water partition coefficient (Wildman–Crippen LogP) is 4.79. The fourth-order valence-corrected chi connectivity index (χ4v) is 7.25. The van der Waals surface area contributed by atoms with Crippen molar-refractivity contribution in [3.05, 3.63) is 108 Å². The average Bonchev–Trinajstić information content (AvgIpc) is 3.58. The Bertz CT molecular complexity index is 1570. The summed E-state index contributed by atoms with van der Waals surface area (Å²) in [5.74, 6) is 0.818. The molecular formula is C30H29N3O4S. The molecule has 3 heterocycles. The van der Waals surface area contributed by atoms with Crippen molar-refractivity contribution in [2.75, 3.05) is 23.9 Å². The number of anilines is 1. The van der Waals surface area contributed by atoms with Gasteiger partial charge in [0.1, 0.15) is 5.76 Å². The molecule has 2 aliphatic rings. The topological polar surface area (TPSA) is 96.8 Å². The minimum absolute atomic E-state index is 0.148. The summed E-state index contributed by atoms with van der Waals surface area (Å²) >= 11 is 0. The van der Waals surface area contributed by atoms with E-state index in [4.69, 9.17) is 10.2 Å². The van der Waals surface area contributed by atoms with Gasteiger partial charge in [0.25, 0.3) is 15.9 Å². The van der Waals surface area contributed by atoms with E-state index >= 15 is 0 Å². The maximum absolute atomic E-state index is 13.7. The lowest BCUT2D eigenvalue weighted by atomic mass is 9.74. The second kappa shape index (κ2) is 9.45. The van der Waals surface area contributed by atoms with E-state index in [1.165, 1.54) is 4.31 Å². The van der Waals surface area contributed by atoms with Gasteiger partial charge in [0, 0.05) is 37.2 Å². The Hall–Kier alpha value is -3.88. The molecule has 0 unspecified atom stereocenters. The number of hydrogen-bond donors (Lipinski definition) is 1. The lowest BCUT2D eigenvalue weighted by molar-refractivity contribution is 0.0644. The number of rotatable bonds is 5. The number of carbonyl (C=O) groups is 1. The third-order valence-corrected chi connectivity index (χ3v) is 9.57. The summed E-state index contributed by atoms with van der Waals surface area (Å²) in [5, 5.41) is 0. The number of nitrogens with two attached hydrogens (primary N) is 1. The third-order valence-electron chi connectivity index (χ3n) is 7.80. The smallest absolute Gasteiger partial charge is 0.289 e. The van der Waals surface area contributed by atoms with Gasteiger partial charge in [0.05, 0.1) is 10.6 Å². The summed E-state index contributed by atoms with van der Waals surface area (Å²) in [6, 6.07) is 27.6. The highest BCUT2D eigenvalue weighted by Gasteiger charge is 2.49. The zero-order chi connectivity index (χ0) is 26.3. The molecule has 0 saturated carbocycles. The summed E-state index contributed by atoms with van der Waals surface area (Å²) in [4.78, 5) is 15.4. The van der Waals surface area contributed by atoms with Gasteiger partial charge in [0.2, 0.25) is 0 Å². The fourth-order valence-electron chi connectivity index (χ4n) is 5.66. The Kier molecular flexibility index (Phi) is 6.08. The molecule has 0 bridgehead atoms. The van der Waals surface area contributed by atoms with E-state index in [1.54, 1.807) is 41.3 Å². The minimum Gasteiger partial charge on any atom is -0.451 e. The van der Waals surface area contributed by atoms with E-state index in [-0.39, 0.29) is 10.8 Å². The SMILES string of the molecule is NCc1ccc2c(c1)C1(CCN(C(=O)c3ccc(-c4ccccc4)o3)CC1)CN2S(=O)(=O)c1ccccc1.